The van der Waals surface area contributed by atoms with Crippen LogP contribution in [0.4, 0.5) is 0 Å². The van der Waals surface area contributed by atoms with Crippen molar-refractivity contribution in [1.29, 1.82) is 0 Å². The Hall–Kier alpha value is -0.210. The first-order chi connectivity index (χ1) is 8.52. The van der Waals surface area contributed by atoms with Crippen molar-refractivity contribution in [2.75, 3.05) is 47.0 Å². The number of methoxy groups -OCH3 is 1. The first-order valence-corrected chi connectivity index (χ1v) is 7.73. The van der Waals surface area contributed by atoms with E-state index in [2.05, 4.69) is 0 Å². The summed E-state index contributed by atoms with van der Waals surface area (Å²) in [4.78, 5) is 0. The van der Waals surface area contributed by atoms with Gasteiger partial charge < -0.3 is 9.84 Å². The van der Waals surface area contributed by atoms with Gasteiger partial charge in [-0.05, 0) is 25.2 Å². The highest BCUT2D eigenvalue weighted by Gasteiger charge is 2.31. The summed E-state index contributed by atoms with van der Waals surface area (Å²) >= 11 is 0. The molecular weight excluding hydrogens is 256 g/mol. The zero-order valence-corrected chi connectivity index (χ0v) is 12.0. The van der Waals surface area contributed by atoms with E-state index in [1.807, 2.05) is 0 Å². The summed E-state index contributed by atoms with van der Waals surface area (Å²) in [5.74, 6) is 0.0703. The first kappa shape index (κ1) is 15.8. The van der Waals surface area contributed by atoms with Crippen molar-refractivity contribution in [2.45, 2.75) is 19.3 Å². The van der Waals surface area contributed by atoms with Crippen LogP contribution in [0.1, 0.15) is 19.3 Å². The molecule has 0 aromatic carbocycles. The molecule has 0 aliphatic carbocycles. The van der Waals surface area contributed by atoms with E-state index in [1.165, 1.54) is 8.61 Å². The highest BCUT2D eigenvalue weighted by Crippen LogP contribution is 2.20. The molecular formula is C11H24N2O4S. The maximum atomic E-state index is 12.3. The van der Waals surface area contributed by atoms with Gasteiger partial charge in [-0.2, -0.15) is 17.0 Å². The van der Waals surface area contributed by atoms with Gasteiger partial charge in [-0.3, -0.25) is 0 Å². The summed E-state index contributed by atoms with van der Waals surface area (Å²) in [5, 5.41) is 9.13. The Morgan fingerprint density at radius 2 is 2.22 bits per heavy atom. The van der Waals surface area contributed by atoms with Gasteiger partial charge in [0, 0.05) is 47.0 Å². The van der Waals surface area contributed by atoms with E-state index in [1.54, 1.807) is 14.2 Å². The molecule has 1 aliphatic rings. The van der Waals surface area contributed by atoms with E-state index < -0.39 is 10.2 Å². The van der Waals surface area contributed by atoms with E-state index in [0.717, 1.165) is 12.8 Å². The third-order valence-corrected chi connectivity index (χ3v) is 5.24. The van der Waals surface area contributed by atoms with Crippen LogP contribution >= 0.6 is 0 Å². The minimum atomic E-state index is -3.39. The smallest absolute Gasteiger partial charge is 0.281 e. The zero-order valence-electron chi connectivity index (χ0n) is 11.2. The van der Waals surface area contributed by atoms with Crippen molar-refractivity contribution >= 4 is 10.2 Å². The summed E-state index contributed by atoms with van der Waals surface area (Å²) in [7, 11) is -0.193. The molecule has 0 saturated carbocycles. The topological polar surface area (TPSA) is 70.1 Å². The SMILES string of the molecule is COCCCN(C)S(=O)(=O)N1CCCC(CO)C1. The predicted octanol–water partition coefficient (Wildman–Crippen LogP) is -0.0962. The lowest BCUT2D eigenvalue weighted by Gasteiger charge is -2.33. The average molecular weight is 280 g/mol. The number of rotatable bonds is 7. The highest BCUT2D eigenvalue weighted by atomic mass is 32.2. The Kier molecular flexibility index (Phi) is 6.51. The molecule has 0 spiro atoms. The standard InChI is InChI=1S/C11H24N2O4S/c1-12(6-4-8-17-2)18(15,16)13-7-3-5-11(9-13)10-14/h11,14H,3-10H2,1-2H3. The molecule has 0 radical (unpaired) electrons. The van der Waals surface area contributed by atoms with E-state index in [-0.39, 0.29) is 12.5 Å². The quantitative estimate of drug-likeness (QED) is 0.661. The lowest BCUT2D eigenvalue weighted by atomic mass is 10.0. The zero-order chi connectivity index (χ0) is 13.6. The van der Waals surface area contributed by atoms with Crippen LogP contribution in [0.3, 0.4) is 0 Å². The number of aliphatic hydroxyl groups excluding tert-OH is 1. The lowest BCUT2D eigenvalue weighted by molar-refractivity contribution is 0.160. The Balaban J connectivity index is 2.55. The van der Waals surface area contributed by atoms with Gasteiger partial charge in [-0.1, -0.05) is 0 Å². The number of hydrogen-bond acceptors (Lipinski definition) is 4. The van der Waals surface area contributed by atoms with Crippen molar-refractivity contribution < 1.29 is 18.3 Å². The third-order valence-electron chi connectivity index (χ3n) is 3.28. The number of ether oxygens (including phenoxy) is 1. The molecule has 0 bridgehead atoms. The van der Waals surface area contributed by atoms with Crippen LogP contribution in [-0.4, -0.2) is 69.1 Å². The van der Waals surface area contributed by atoms with Crippen LogP contribution in [0.2, 0.25) is 0 Å². The molecule has 108 valence electrons. The lowest BCUT2D eigenvalue weighted by Crippen LogP contribution is -2.47. The molecule has 6 nitrogen and oxygen atoms in total. The maximum Gasteiger partial charge on any atom is 0.281 e. The maximum absolute atomic E-state index is 12.3. The molecule has 0 aromatic heterocycles. The fourth-order valence-electron chi connectivity index (χ4n) is 2.13. The number of nitrogens with zero attached hydrogens (tertiary/aromatic N) is 2. The second-order valence-corrected chi connectivity index (χ2v) is 6.76. The summed E-state index contributed by atoms with van der Waals surface area (Å²) in [6.45, 7) is 2.04. The second-order valence-electron chi connectivity index (χ2n) is 4.72. The van der Waals surface area contributed by atoms with Crippen LogP contribution in [-0.2, 0) is 14.9 Å². The van der Waals surface area contributed by atoms with Crippen molar-refractivity contribution in [3.05, 3.63) is 0 Å². The average Bonchev–Trinajstić information content (AvgIpc) is 2.39. The monoisotopic (exact) mass is 280 g/mol. The van der Waals surface area contributed by atoms with E-state index in [4.69, 9.17) is 9.84 Å². The van der Waals surface area contributed by atoms with Crippen LogP contribution in [0.5, 0.6) is 0 Å². The molecule has 1 aliphatic heterocycles. The molecule has 1 N–H and O–H groups in total. The summed E-state index contributed by atoms with van der Waals surface area (Å²) in [6.07, 6.45) is 2.40. The molecule has 1 heterocycles. The second kappa shape index (κ2) is 7.40. The van der Waals surface area contributed by atoms with Crippen LogP contribution < -0.4 is 0 Å². The fraction of sp³-hybridized carbons (Fsp3) is 1.00. The molecule has 1 unspecified atom stereocenters. The fourth-order valence-corrected chi connectivity index (χ4v) is 3.64. The Bertz CT molecular complexity index is 334. The van der Waals surface area contributed by atoms with Crippen LogP contribution in [0.15, 0.2) is 0 Å². The van der Waals surface area contributed by atoms with E-state index in [9.17, 15) is 8.42 Å². The molecule has 1 atom stereocenters. The summed E-state index contributed by atoms with van der Waals surface area (Å²) in [5.41, 5.74) is 0. The number of hydrogen-bond donors (Lipinski definition) is 1. The minimum Gasteiger partial charge on any atom is -0.396 e. The van der Waals surface area contributed by atoms with Gasteiger partial charge >= 0.3 is 0 Å². The van der Waals surface area contributed by atoms with Gasteiger partial charge in [0.1, 0.15) is 0 Å². The number of piperidine rings is 1. The van der Waals surface area contributed by atoms with Gasteiger partial charge in [0.05, 0.1) is 0 Å². The van der Waals surface area contributed by atoms with Crippen molar-refractivity contribution in [2.24, 2.45) is 5.92 Å². The highest BCUT2D eigenvalue weighted by molar-refractivity contribution is 7.86. The van der Waals surface area contributed by atoms with Crippen molar-refractivity contribution in [3.63, 3.8) is 0 Å². The van der Waals surface area contributed by atoms with Gasteiger partial charge in [0.15, 0.2) is 0 Å². The van der Waals surface area contributed by atoms with Crippen molar-refractivity contribution in [1.82, 2.24) is 8.61 Å². The van der Waals surface area contributed by atoms with Crippen molar-refractivity contribution in [3.8, 4) is 0 Å². The minimum absolute atomic E-state index is 0.0550. The summed E-state index contributed by atoms with van der Waals surface area (Å²) in [6, 6.07) is 0. The summed E-state index contributed by atoms with van der Waals surface area (Å²) < 4.78 is 32.3. The first-order valence-electron chi connectivity index (χ1n) is 6.33. The molecule has 7 heteroatoms. The van der Waals surface area contributed by atoms with Crippen LogP contribution in [0.25, 0.3) is 0 Å². The predicted molar refractivity (Wildman–Crippen MR) is 69.4 cm³/mol. The van der Waals surface area contributed by atoms with Gasteiger partial charge in [-0.15, -0.1) is 0 Å². The van der Waals surface area contributed by atoms with Gasteiger partial charge in [-0.25, -0.2) is 0 Å². The van der Waals surface area contributed by atoms with E-state index in [0.29, 0.717) is 32.7 Å². The molecule has 1 fully saturated rings. The largest absolute Gasteiger partial charge is 0.396 e. The van der Waals surface area contributed by atoms with Gasteiger partial charge in [0.2, 0.25) is 0 Å². The molecule has 1 rings (SSSR count). The number of aliphatic hydroxyl groups is 1. The van der Waals surface area contributed by atoms with Gasteiger partial charge in [0.25, 0.3) is 10.2 Å². The van der Waals surface area contributed by atoms with E-state index >= 15 is 0 Å². The Labute approximate surface area is 110 Å². The molecule has 0 aromatic rings. The molecule has 18 heavy (non-hydrogen) atoms. The third kappa shape index (κ3) is 4.17. The normalized spacial score (nSPS) is 22.6. The molecule has 1 saturated heterocycles. The Morgan fingerprint density at radius 1 is 1.50 bits per heavy atom. The van der Waals surface area contributed by atoms with Crippen LogP contribution in [0, 0.1) is 5.92 Å². The Morgan fingerprint density at radius 3 is 2.83 bits per heavy atom. The molecule has 0 amide bonds.